The predicted octanol–water partition coefficient (Wildman–Crippen LogP) is 6.13. The van der Waals surface area contributed by atoms with Gasteiger partial charge < -0.3 is 9.84 Å². The summed E-state index contributed by atoms with van der Waals surface area (Å²) in [6.07, 6.45) is 6.09. The molecule has 1 aliphatic heterocycles. The molecule has 0 fully saturated rings. The van der Waals surface area contributed by atoms with E-state index in [1.807, 2.05) is 17.8 Å². The van der Waals surface area contributed by atoms with Gasteiger partial charge in [0.05, 0.1) is 11.3 Å². The number of unbranched alkanes of at least 4 members (excludes halogenated alkanes) is 2. The molecule has 1 aliphatic rings. The van der Waals surface area contributed by atoms with Gasteiger partial charge in [-0.2, -0.15) is 5.10 Å². The third-order valence-electron chi connectivity index (χ3n) is 5.93. The number of phenolic OH excluding ortho intramolecular Hbond substituents is 1. The van der Waals surface area contributed by atoms with Crippen LogP contribution in [0, 0.1) is 6.92 Å². The van der Waals surface area contributed by atoms with Crippen LogP contribution in [0.3, 0.4) is 0 Å². The number of aromatic hydroxyl groups is 1. The highest BCUT2D eigenvalue weighted by atomic mass is 16.5. The van der Waals surface area contributed by atoms with Crippen molar-refractivity contribution in [3.8, 4) is 33.9 Å². The normalized spacial score (nSPS) is 14.2. The summed E-state index contributed by atoms with van der Waals surface area (Å²) in [6.45, 7) is 8.47. The van der Waals surface area contributed by atoms with E-state index in [0.717, 1.165) is 64.9 Å². The van der Waals surface area contributed by atoms with Gasteiger partial charge in [0.1, 0.15) is 17.1 Å². The third-order valence-corrected chi connectivity index (χ3v) is 5.93. The second-order valence-electron chi connectivity index (χ2n) is 8.59. The fraction of sp³-hybridized carbons (Fsp3) is 0.400. The topological polar surface area (TPSA) is 47.3 Å². The lowest BCUT2D eigenvalue weighted by Gasteiger charge is -2.36. The molecule has 0 spiro atoms. The van der Waals surface area contributed by atoms with Crippen molar-refractivity contribution < 1.29 is 9.84 Å². The Kier molecular flexibility index (Phi) is 4.89. The van der Waals surface area contributed by atoms with Gasteiger partial charge in [-0.25, -0.2) is 0 Å². The van der Waals surface area contributed by atoms with E-state index < -0.39 is 5.60 Å². The summed E-state index contributed by atoms with van der Waals surface area (Å²) in [7, 11) is 1.92. The first-order valence-corrected chi connectivity index (χ1v) is 10.5. The number of fused-ring (bicyclic) bond motifs is 3. The van der Waals surface area contributed by atoms with Crippen LogP contribution in [0.1, 0.15) is 56.7 Å². The smallest absolute Gasteiger partial charge is 0.136 e. The average molecular weight is 391 g/mol. The Morgan fingerprint density at radius 3 is 2.59 bits per heavy atom. The predicted molar refractivity (Wildman–Crippen MR) is 117 cm³/mol. The quantitative estimate of drug-likeness (QED) is 0.533. The molecule has 0 aliphatic carbocycles. The summed E-state index contributed by atoms with van der Waals surface area (Å²) in [5.41, 5.74) is 6.57. The van der Waals surface area contributed by atoms with E-state index in [0.29, 0.717) is 5.75 Å². The van der Waals surface area contributed by atoms with Gasteiger partial charge in [0.2, 0.25) is 0 Å². The number of aromatic nitrogens is 2. The fourth-order valence-corrected chi connectivity index (χ4v) is 4.42. The van der Waals surface area contributed by atoms with Crippen molar-refractivity contribution in [1.29, 1.82) is 0 Å². The molecule has 0 saturated carbocycles. The van der Waals surface area contributed by atoms with Gasteiger partial charge in [-0.15, -0.1) is 0 Å². The number of phenols is 1. The van der Waals surface area contributed by atoms with Crippen molar-refractivity contribution in [2.75, 3.05) is 0 Å². The molecule has 0 radical (unpaired) electrons. The number of rotatable bonds is 5. The second-order valence-corrected chi connectivity index (χ2v) is 8.59. The number of hydrogen-bond donors (Lipinski definition) is 1. The molecule has 4 rings (SSSR count). The maximum atomic E-state index is 11.6. The first kappa shape index (κ1) is 19.6. The molecular formula is C25H30N2O2. The zero-order valence-electron chi connectivity index (χ0n) is 18.0. The number of nitrogens with zero attached hydrogens (tertiary/aromatic N) is 2. The highest BCUT2D eigenvalue weighted by Crippen LogP contribution is 2.53. The zero-order valence-corrected chi connectivity index (χ0v) is 18.0. The fourth-order valence-electron chi connectivity index (χ4n) is 4.42. The number of aryl methyl sites for hydroxylation is 3. The van der Waals surface area contributed by atoms with Gasteiger partial charge in [-0.1, -0.05) is 43.5 Å². The van der Waals surface area contributed by atoms with Crippen LogP contribution < -0.4 is 4.74 Å². The SMILES string of the molecule is CCCCCc1cc2c(c(O)c1-c1ccnn1C)-c1cc(C)ccc1C(C)(C)O2. The molecular weight excluding hydrogens is 360 g/mol. The Morgan fingerprint density at radius 2 is 1.90 bits per heavy atom. The number of benzene rings is 2. The van der Waals surface area contributed by atoms with Gasteiger partial charge >= 0.3 is 0 Å². The minimum Gasteiger partial charge on any atom is -0.506 e. The monoisotopic (exact) mass is 390 g/mol. The van der Waals surface area contributed by atoms with Crippen molar-refractivity contribution in [3.63, 3.8) is 0 Å². The molecule has 152 valence electrons. The van der Waals surface area contributed by atoms with Crippen LogP contribution in [0.2, 0.25) is 0 Å². The summed E-state index contributed by atoms with van der Waals surface area (Å²) in [6, 6.07) is 10.5. The van der Waals surface area contributed by atoms with Crippen LogP contribution in [0.15, 0.2) is 36.5 Å². The largest absolute Gasteiger partial charge is 0.506 e. The lowest BCUT2D eigenvalue weighted by molar-refractivity contribution is 0.105. The summed E-state index contributed by atoms with van der Waals surface area (Å²) in [5.74, 6) is 1.06. The maximum absolute atomic E-state index is 11.6. The molecule has 0 saturated heterocycles. The maximum Gasteiger partial charge on any atom is 0.136 e. The third kappa shape index (κ3) is 3.31. The van der Waals surface area contributed by atoms with Gasteiger partial charge in [-0.05, 0) is 56.9 Å². The van der Waals surface area contributed by atoms with E-state index in [2.05, 4.69) is 57.1 Å². The molecule has 1 N–H and O–H groups in total. The molecule has 4 nitrogen and oxygen atoms in total. The van der Waals surface area contributed by atoms with E-state index >= 15 is 0 Å². The van der Waals surface area contributed by atoms with Crippen LogP contribution >= 0.6 is 0 Å². The van der Waals surface area contributed by atoms with Crippen molar-refractivity contribution in [3.05, 3.63) is 53.2 Å². The lowest BCUT2D eigenvalue weighted by Crippen LogP contribution is -2.29. The second kappa shape index (κ2) is 7.25. The first-order chi connectivity index (χ1) is 13.8. The minimum absolute atomic E-state index is 0.292. The van der Waals surface area contributed by atoms with Crippen LogP contribution in [-0.4, -0.2) is 14.9 Å². The molecule has 0 unspecified atom stereocenters. The lowest BCUT2D eigenvalue weighted by atomic mass is 9.82. The molecule has 0 bridgehead atoms. The Morgan fingerprint density at radius 1 is 1.10 bits per heavy atom. The van der Waals surface area contributed by atoms with Gasteiger partial charge in [0.25, 0.3) is 0 Å². The molecule has 2 aromatic carbocycles. The molecule has 0 amide bonds. The van der Waals surface area contributed by atoms with Crippen molar-refractivity contribution in [2.24, 2.45) is 7.05 Å². The van der Waals surface area contributed by atoms with Crippen LogP contribution in [0.4, 0.5) is 0 Å². The Labute approximate surface area is 173 Å². The standard InChI is InChI=1S/C25H30N2O2/c1-6-7-8-9-17-15-21-23(24(28)22(17)20-12-13-26-27(20)5)18-14-16(2)10-11-19(18)25(3,4)29-21/h10-15,28H,6-9H2,1-5H3. The summed E-state index contributed by atoms with van der Waals surface area (Å²) < 4.78 is 8.26. The van der Waals surface area contributed by atoms with E-state index in [1.165, 1.54) is 5.56 Å². The highest BCUT2D eigenvalue weighted by molar-refractivity contribution is 5.90. The Bertz CT molecular complexity index is 1060. The minimum atomic E-state index is -0.447. The zero-order chi connectivity index (χ0) is 20.8. The van der Waals surface area contributed by atoms with Crippen molar-refractivity contribution >= 4 is 0 Å². The van der Waals surface area contributed by atoms with E-state index in [4.69, 9.17) is 4.74 Å². The van der Waals surface area contributed by atoms with E-state index in [-0.39, 0.29) is 0 Å². The number of hydrogen-bond acceptors (Lipinski definition) is 3. The van der Waals surface area contributed by atoms with Crippen LogP contribution in [-0.2, 0) is 19.1 Å². The molecule has 2 heterocycles. The first-order valence-electron chi connectivity index (χ1n) is 10.5. The van der Waals surface area contributed by atoms with E-state index in [9.17, 15) is 5.11 Å². The molecule has 3 aromatic rings. The molecule has 1 aromatic heterocycles. The van der Waals surface area contributed by atoms with Gasteiger partial charge in [0.15, 0.2) is 0 Å². The highest BCUT2D eigenvalue weighted by Gasteiger charge is 2.36. The van der Waals surface area contributed by atoms with Crippen molar-refractivity contribution in [2.45, 2.75) is 59.0 Å². The molecule has 4 heteroatoms. The summed E-state index contributed by atoms with van der Waals surface area (Å²) >= 11 is 0. The van der Waals surface area contributed by atoms with Crippen molar-refractivity contribution in [1.82, 2.24) is 9.78 Å². The summed E-state index contributed by atoms with van der Waals surface area (Å²) in [5, 5.41) is 15.9. The summed E-state index contributed by atoms with van der Waals surface area (Å²) in [4.78, 5) is 0. The van der Waals surface area contributed by atoms with Crippen LogP contribution in [0.25, 0.3) is 22.4 Å². The number of ether oxygens (including phenoxy) is 1. The molecule has 0 atom stereocenters. The average Bonchev–Trinajstić information content (AvgIpc) is 3.06. The van der Waals surface area contributed by atoms with E-state index in [1.54, 1.807) is 6.20 Å². The Hall–Kier alpha value is -2.75. The van der Waals surface area contributed by atoms with Gasteiger partial charge in [0, 0.05) is 24.4 Å². The van der Waals surface area contributed by atoms with Crippen LogP contribution in [0.5, 0.6) is 11.5 Å². The van der Waals surface area contributed by atoms with Gasteiger partial charge in [-0.3, -0.25) is 4.68 Å². The molecule has 29 heavy (non-hydrogen) atoms. The Balaban J connectivity index is 1.99.